The largest absolute Gasteiger partial charge is 0.345 e. The van der Waals surface area contributed by atoms with Crippen LogP contribution in [0.4, 0.5) is 0 Å². The Morgan fingerprint density at radius 1 is 1.19 bits per heavy atom. The summed E-state index contributed by atoms with van der Waals surface area (Å²) in [6.45, 7) is 0.487. The van der Waals surface area contributed by atoms with Crippen molar-refractivity contribution in [2.45, 2.75) is 6.42 Å². The Kier molecular flexibility index (Phi) is 5.62. The minimum atomic E-state index is -0.345. The number of amides is 1. The van der Waals surface area contributed by atoms with E-state index in [4.69, 9.17) is 23.2 Å². The highest BCUT2D eigenvalue weighted by Crippen LogP contribution is 2.18. The summed E-state index contributed by atoms with van der Waals surface area (Å²) in [4.78, 5) is 15.8. The average Bonchev–Trinajstić information content (AvgIpc) is 2.45. The molecule has 1 aromatic carbocycles. The quantitative estimate of drug-likeness (QED) is 0.884. The van der Waals surface area contributed by atoms with E-state index in [1.807, 2.05) is 18.2 Å². The first-order valence-corrected chi connectivity index (χ1v) is 7.05. The second-order valence-electron chi connectivity index (χ2n) is 4.24. The first-order valence-electron chi connectivity index (χ1n) is 6.29. The van der Waals surface area contributed by atoms with Crippen LogP contribution < -0.4 is 5.32 Å². The Morgan fingerprint density at radius 3 is 2.62 bits per heavy atom. The summed E-state index contributed by atoms with van der Waals surface area (Å²) in [7, 11) is 0. The molecule has 0 spiro atoms. The van der Waals surface area contributed by atoms with Gasteiger partial charge >= 0.3 is 0 Å². The Labute approximate surface area is 133 Å². The molecular formula is C16H12Cl2N2O. The third-order valence-corrected chi connectivity index (χ3v) is 3.01. The molecule has 0 aliphatic rings. The van der Waals surface area contributed by atoms with E-state index in [-0.39, 0.29) is 5.91 Å². The number of pyridine rings is 1. The van der Waals surface area contributed by atoms with Gasteiger partial charge in [0, 0.05) is 46.4 Å². The maximum Gasteiger partial charge on any atom is 0.296 e. The second kappa shape index (κ2) is 7.68. The topological polar surface area (TPSA) is 42.0 Å². The lowest BCUT2D eigenvalue weighted by Gasteiger charge is -2.00. The van der Waals surface area contributed by atoms with Crippen LogP contribution in [0.25, 0.3) is 0 Å². The lowest BCUT2D eigenvalue weighted by molar-refractivity contribution is -0.115. The fourth-order valence-electron chi connectivity index (χ4n) is 1.65. The van der Waals surface area contributed by atoms with Crippen molar-refractivity contribution in [3.63, 3.8) is 0 Å². The Morgan fingerprint density at radius 2 is 1.95 bits per heavy atom. The van der Waals surface area contributed by atoms with Crippen LogP contribution in [0.2, 0.25) is 10.0 Å². The summed E-state index contributed by atoms with van der Waals surface area (Å²) in [5, 5.41) is 3.69. The highest BCUT2D eigenvalue weighted by Gasteiger charge is 1.98. The summed E-state index contributed by atoms with van der Waals surface area (Å²) < 4.78 is 0. The van der Waals surface area contributed by atoms with Gasteiger partial charge in [0.1, 0.15) is 0 Å². The van der Waals surface area contributed by atoms with Crippen LogP contribution in [0.3, 0.4) is 0 Å². The predicted molar refractivity (Wildman–Crippen MR) is 84.3 cm³/mol. The number of nitrogens with one attached hydrogen (secondary N) is 1. The monoisotopic (exact) mass is 318 g/mol. The highest BCUT2D eigenvalue weighted by atomic mass is 35.5. The van der Waals surface area contributed by atoms with E-state index < -0.39 is 0 Å². The molecule has 0 saturated heterocycles. The van der Waals surface area contributed by atoms with Crippen LogP contribution in [0, 0.1) is 11.8 Å². The van der Waals surface area contributed by atoms with Gasteiger partial charge in [0.25, 0.3) is 5.91 Å². The molecule has 5 heteroatoms. The van der Waals surface area contributed by atoms with Crippen molar-refractivity contribution in [2.24, 2.45) is 0 Å². The summed E-state index contributed by atoms with van der Waals surface area (Å²) in [6, 6.07) is 10.6. The first kappa shape index (κ1) is 15.4. The summed E-state index contributed by atoms with van der Waals surface area (Å²) >= 11 is 11.7. The Bertz CT molecular complexity index is 670. The summed E-state index contributed by atoms with van der Waals surface area (Å²) in [5.41, 5.74) is 1.53. The van der Waals surface area contributed by atoms with Crippen molar-refractivity contribution >= 4 is 29.1 Å². The number of carbonyl (C=O) groups is 1. The molecule has 2 aromatic rings. The minimum absolute atomic E-state index is 0.345. The molecule has 1 heterocycles. The van der Waals surface area contributed by atoms with Crippen molar-refractivity contribution < 1.29 is 4.79 Å². The van der Waals surface area contributed by atoms with Crippen LogP contribution in [-0.4, -0.2) is 17.4 Å². The van der Waals surface area contributed by atoms with E-state index in [1.165, 1.54) is 0 Å². The van der Waals surface area contributed by atoms with E-state index >= 15 is 0 Å². The van der Waals surface area contributed by atoms with Crippen LogP contribution >= 0.6 is 23.2 Å². The van der Waals surface area contributed by atoms with Crippen LogP contribution in [-0.2, 0) is 11.2 Å². The fourth-order valence-corrected chi connectivity index (χ4v) is 2.18. The van der Waals surface area contributed by atoms with Crippen LogP contribution in [0.15, 0.2) is 42.6 Å². The minimum Gasteiger partial charge on any atom is -0.345 e. The standard InChI is InChI=1S/C16H12Cl2N2O/c17-13-9-12(10-14(18)11-13)4-5-16(21)20-8-6-15-3-1-2-7-19-15/h1-3,7,9-11H,6,8H2,(H,20,21). The van der Waals surface area contributed by atoms with Crippen molar-refractivity contribution in [3.8, 4) is 11.8 Å². The first-order chi connectivity index (χ1) is 10.1. The van der Waals surface area contributed by atoms with Gasteiger partial charge in [-0.05, 0) is 30.3 Å². The maximum atomic E-state index is 11.6. The van der Waals surface area contributed by atoms with Gasteiger partial charge in [0.2, 0.25) is 0 Å². The average molecular weight is 319 g/mol. The number of carbonyl (C=O) groups excluding carboxylic acids is 1. The third-order valence-electron chi connectivity index (χ3n) is 2.58. The molecule has 0 radical (unpaired) electrons. The van der Waals surface area contributed by atoms with Gasteiger partial charge in [-0.1, -0.05) is 35.2 Å². The van der Waals surface area contributed by atoms with Gasteiger partial charge in [0.05, 0.1) is 0 Å². The van der Waals surface area contributed by atoms with Gasteiger partial charge in [-0.15, -0.1) is 0 Å². The van der Waals surface area contributed by atoms with E-state index in [1.54, 1.807) is 24.4 Å². The van der Waals surface area contributed by atoms with Crippen molar-refractivity contribution in [2.75, 3.05) is 6.54 Å². The molecule has 21 heavy (non-hydrogen) atoms. The van der Waals surface area contributed by atoms with Gasteiger partial charge in [-0.25, -0.2) is 0 Å². The summed E-state index contributed by atoms with van der Waals surface area (Å²) in [5.74, 6) is 4.88. The van der Waals surface area contributed by atoms with E-state index in [2.05, 4.69) is 22.1 Å². The number of benzene rings is 1. The fraction of sp³-hybridized carbons (Fsp3) is 0.125. The highest BCUT2D eigenvalue weighted by molar-refractivity contribution is 6.34. The number of hydrogen-bond acceptors (Lipinski definition) is 2. The molecule has 2 rings (SSSR count). The Hall–Kier alpha value is -2.02. The second-order valence-corrected chi connectivity index (χ2v) is 5.11. The molecule has 106 valence electrons. The molecule has 0 aliphatic heterocycles. The molecule has 0 aliphatic carbocycles. The van der Waals surface area contributed by atoms with Crippen LogP contribution in [0.1, 0.15) is 11.3 Å². The number of aromatic nitrogens is 1. The summed E-state index contributed by atoms with van der Waals surface area (Å²) in [6.07, 6.45) is 2.39. The normalized spacial score (nSPS) is 9.62. The maximum absolute atomic E-state index is 11.6. The van der Waals surface area contributed by atoms with Gasteiger partial charge in [0.15, 0.2) is 0 Å². The van der Waals surface area contributed by atoms with Gasteiger partial charge in [-0.3, -0.25) is 9.78 Å². The lowest BCUT2D eigenvalue weighted by Crippen LogP contribution is -2.24. The van der Waals surface area contributed by atoms with Crippen molar-refractivity contribution in [3.05, 3.63) is 63.9 Å². The van der Waals surface area contributed by atoms with Crippen molar-refractivity contribution in [1.29, 1.82) is 0 Å². The predicted octanol–water partition coefficient (Wildman–Crippen LogP) is 3.10. The smallest absolute Gasteiger partial charge is 0.296 e. The molecule has 0 saturated carbocycles. The van der Waals surface area contributed by atoms with Gasteiger partial charge < -0.3 is 5.32 Å². The SMILES string of the molecule is O=C(C#Cc1cc(Cl)cc(Cl)c1)NCCc1ccccn1. The molecule has 1 amide bonds. The lowest BCUT2D eigenvalue weighted by atomic mass is 10.2. The molecule has 1 N–H and O–H groups in total. The van der Waals surface area contributed by atoms with E-state index in [0.29, 0.717) is 28.6 Å². The molecule has 0 bridgehead atoms. The van der Waals surface area contributed by atoms with E-state index in [0.717, 1.165) is 5.69 Å². The number of rotatable bonds is 3. The van der Waals surface area contributed by atoms with Crippen molar-refractivity contribution in [1.82, 2.24) is 10.3 Å². The molecule has 0 fully saturated rings. The zero-order valence-corrected chi connectivity index (χ0v) is 12.6. The number of halogens is 2. The van der Waals surface area contributed by atoms with Gasteiger partial charge in [-0.2, -0.15) is 0 Å². The molecule has 1 aromatic heterocycles. The van der Waals surface area contributed by atoms with Crippen LogP contribution in [0.5, 0.6) is 0 Å². The Balaban J connectivity index is 1.86. The molecule has 0 unspecified atom stereocenters. The molecule has 3 nitrogen and oxygen atoms in total. The number of hydrogen-bond donors (Lipinski definition) is 1. The zero-order valence-electron chi connectivity index (χ0n) is 11.1. The third kappa shape index (κ3) is 5.47. The van der Waals surface area contributed by atoms with E-state index in [9.17, 15) is 4.79 Å². The number of nitrogens with zero attached hydrogens (tertiary/aromatic N) is 1. The molecular weight excluding hydrogens is 307 g/mol. The zero-order chi connectivity index (χ0) is 15.1. The molecule has 0 atom stereocenters.